The number of amides is 2. The van der Waals surface area contributed by atoms with E-state index in [9.17, 15) is 9.90 Å². The van der Waals surface area contributed by atoms with E-state index in [0.29, 0.717) is 13.1 Å². The van der Waals surface area contributed by atoms with Crippen LogP contribution in [0.15, 0.2) is 60.9 Å². The van der Waals surface area contributed by atoms with Crippen molar-refractivity contribution in [3.8, 4) is 0 Å². The number of carbonyl (C=O) groups excluding carboxylic acids is 1. The lowest BCUT2D eigenvalue weighted by molar-refractivity contribution is 0.186. The van der Waals surface area contributed by atoms with E-state index in [1.54, 1.807) is 11.1 Å². The smallest absolute Gasteiger partial charge is 0.318 e. The number of aliphatic hydroxyl groups excluding tert-OH is 1. The monoisotopic (exact) mass is 362 g/mol. The third-order valence-electron chi connectivity index (χ3n) is 4.98. The van der Waals surface area contributed by atoms with E-state index in [1.165, 1.54) is 5.57 Å². The third-order valence-corrected chi connectivity index (χ3v) is 4.98. The molecule has 6 nitrogen and oxygen atoms in total. The van der Waals surface area contributed by atoms with Gasteiger partial charge < -0.3 is 20.3 Å². The van der Waals surface area contributed by atoms with Crippen LogP contribution in [0.4, 0.5) is 4.79 Å². The topological polar surface area (TPSA) is 81.2 Å². The molecule has 0 fully saturated rings. The van der Waals surface area contributed by atoms with Gasteiger partial charge >= 0.3 is 6.03 Å². The molecule has 1 atom stereocenters. The standard InChI is InChI=1S/C21H22N4O2/c26-14-19(16-5-2-1-3-6-16)24-21(27)25-11-8-15(9-12-25)18-13-23-20-17(18)7-4-10-22-20/h1-8,10,13,19,26H,9,11-12,14H2,(H,22,23)(H,24,27)/t19-/m1/s1. The highest BCUT2D eigenvalue weighted by atomic mass is 16.3. The van der Waals surface area contributed by atoms with E-state index in [-0.39, 0.29) is 12.6 Å². The summed E-state index contributed by atoms with van der Waals surface area (Å²) in [5.41, 5.74) is 4.14. The van der Waals surface area contributed by atoms with Crippen LogP contribution in [0.3, 0.4) is 0 Å². The van der Waals surface area contributed by atoms with Crippen molar-refractivity contribution in [1.82, 2.24) is 20.2 Å². The average molecular weight is 362 g/mol. The molecule has 3 aromatic rings. The quantitative estimate of drug-likeness (QED) is 0.667. The van der Waals surface area contributed by atoms with Gasteiger partial charge in [0.15, 0.2) is 0 Å². The Bertz CT molecular complexity index is 964. The molecule has 0 aliphatic carbocycles. The second kappa shape index (κ2) is 7.63. The van der Waals surface area contributed by atoms with E-state index >= 15 is 0 Å². The molecule has 0 spiro atoms. The van der Waals surface area contributed by atoms with Gasteiger partial charge in [0.25, 0.3) is 0 Å². The Morgan fingerprint density at radius 1 is 1.26 bits per heavy atom. The summed E-state index contributed by atoms with van der Waals surface area (Å²) in [6.45, 7) is 1.05. The molecule has 1 aliphatic rings. The molecule has 1 aromatic carbocycles. The molecule has 0 radical (unpaired) electrons. The molecule has 0 bridgehead atoms. The number of pyridine rings is 1. The first kappa shape index (κ1) is 17.3. The first-order valence-electron chi connectivity index (χ1n) is 9.09. The number of aliphatic hydroxyl groups is 1. The molecule has 138 valence electrons. The van der Waals surface area contributed by atoms with E-state index < -0.39 is 6.04 Å². The van der Waals surface area contributed by atoms with Gasteiger partial charge in [-0.3, -0.25) is 0 Å². The van der Waals surface area contributed by atoms with Crippen molar-refractivity contribution in [3.05, 3.63) is 72.1 Å². The number of benzene rings is 1. The van der Waals surface area contributed by atoms with Crippen molar-refractivity contribution in [1.29, 1.82) is 0 Å². The van der Waals surface area contributed by atoms with E-state index in [4.69, 9.17) is 0 Å². The fraction of sp³-hybridized carbons (Fsp3) is 0.238. The minimum atomic E-state index is -0.399. The number of hydrogen-bond donors (Lipinski definition) is 3. The maximum absolute atomic E-state index is 12.6. The summed E-state index contributed by atoms with van der Waals surface area (Å²) in [4.78, 5) is 21.9. The summed E-state index contributed by atoms with van der Waals surface area (Å²) >= 11 is 0. The lowest BCUT2D eigenvalue weighted by Gasteiger charge is -2.28. The Morgan fingerprint density at radius 3 is 2.85 bits per heavy atom. The van der Waals surface area contributed by atoms with Crippen LogP contribution in [0.2, 0.25) is 0 Å². The summed E-state index contributed by atoms with van der Waals surface area (Å²) in [6, 6.07) is 12.9. The van der Waals surface area contributed by atoms with Gasteiger partial charge in [-0.2, -0.15) is 0 Å². The normalized spacial score (nSPS) is 15.4. The lowest BCUT2D eigenvalue weighted by Crippen LogP contribution is -2.44. The molecule has 1 aliphatic heterocycles. The zero-order valence-corrected chi connectivity index (χ0v) is 14.9. The summed E-state index contributed by atoms with van der Waals surface area (Å²) in [6.07, 6.45) is 6.63. The minimum Gasteiger partial charge on any atom is -0.394 e. The number of fused-ring (bicyclic) bond motifs is 1. The number of nitrogens with one attached hydrogen (secondary N) is 2. The van der Waals surface area contributed by atoms with Gasteiger partial charge in [-0.05, 0) is 29.7 Å². The Hall–Kier alpha value is -3.12. The van der Waals surface area contributed by atoms with Gasteiger partial charge in [0.2, 0.25) is 0 Å². The highest BCUT2D eigenvalue weighted by molar-refractivity contribution is 5.91. The number of H-pyrrole nitrogens is 1. The summed E-state index contributed by atoms with van der Waals surface area (Å²) in [7, 11) is 0. The van der Waals surface area contributed by atoms with Gasteiger partial charge in [0.1, 0.15) is 5.65 Å². The van der Waals surface area contributed by atoms with Crippen LogP contribution in [-0.4, -0.2) is 45.7 Å². The first-order chi connectivity index (χ1) is 13.3. The molecule has 3 heterocycles. The van der Waals surface area contributed by atoms with Crippen molar-refractivity contribution in [2.24, 2.45) is 0 Å². The lowest BCUT2D eigenvalue weighted by atomic mass is 10.00. The van der Waals surface area contributed by atoms with Crippen molar-refractivity contribution in [2.75, 3.05) is 19.7 Å². The highest BCUT2D eigenvalue weighted by Gasteiger charge is 2.22. The molecule has 6 heteroatoms. The van der Waals surface area contributed by atoms with Gasteiger partial charge in [-0.15, -0.1) is 0 Å². The Labute approximate surface area is 157 Å². The van der Waals surface area contributed by atoms with Crippen LogP contribution in [0, 0.1) is 0 Å². The molecule has 0 saturated carbocycles. The number of nitrogens with zero attached hydrogens (tertiary/aromatic N) is 2. The predicted octanol–water partition coefficient (Wildman–Crippen LogP) is 3.10. The Morgan fingerprint density at radius 2 is 2.11 bits per heavy atom. The number of aromatic amines is 1. The molecule has 0 unspecified atom stereocenters. The molecular weight excluding hydrogens is 340 g/mol. The molecule has 2 aromatic heterocycles. The number of rotatable bonds is 4. The molecular formula is C21H22N4O2. The van der Waals surface area contributed by atoms with Crippen molar-refractivity contribution >= 4 is 22.6 Å². The SMILES string of the molecule is O=C(N[C@H](CO)c1ccccc1)N1CC=C(c2c[nH]c3ncccc23)CC1. The van der Waals surface area contributed by atoms with Crippen LogP contribution in [0.25, 0.3) is 16.6 Å². The molecule has 0 saturated heterocycles. The first-order valence-corrected chi connectivity index (χ1v) is 9.09. The fourth-order valence-corrected chi connectivity index (χ4v) is 3.48. The van der Waals surface area contributed by atoms with Crippen LogP contribution >= 0.6 is 0 Å². The second-order valence-electron chi connectivity index (χ2n) is 6.62. The second-order valence-corrected chi connectivity index (χ2v) is 6.62. The summed E-state index contributed by atoms with van der Waals surface area (Å²) in [5.74, 6) is 0. The number of aromatic nitrogens is 2. The number of hydrogen-bond acceptors (Lipinski definition) is 3. The molecule has 27 heavy (non-hydrogen) atoms. The Balaban J connectivity index is 1.44. The largest absolute Gasteiger partial charge is 0.394 e. The van der Waals surface area contributed by atoms with E-state index in [2.05, 4.69) is 27.4 Å². The van der Waals surface area contributed by atoms with Gasteiger partial charge in [0.05, 0.1) is 12.6 Å². The average Bonchev–Trinajstić information content (AvgIpc) is 3.17. The van der Waals surface area contributed by atoms with Crippen LogP contribution < -0.4 is 5.32 Å². The number of carbonyl (C=O) groups is 1. The fourth-order valence-electron chi connectivity index (χ4n) is 3.48. The third kappa shape index (κ3) is 3.57. The molecule has 3 N–H and O–H groups in total. The van der Waals surface area contributed by atoms with Crippen LogP contribution in [-0.2, 0) is 0 Å². The van der Waals surface area contributed by atoms with Gasteiger partial charge in [0, 0.05) is 36.4 Å². The van der Waals surface area contributed by atoms with Gasteiger partial charge in [-0.25, -0.2) is 9.78 Å². The highest BCUT2D eigenvalue weighted by Crippen LogP contribution is 2.28. The van der Waals surface area contributed by atoms with Gasteiger partial charge in [-0.1, -0.05) is 36.4 Å². The predicted molar refractivity (Wildman–Crippen MR) is 105 cm³/mol. The minimum absolute atomic E-state index is 0.132. The summed E-state index contributed by atoms with van der Waals surface area (Å²) < 4.78 is 0. The van der Waals surface area contributed by atoms with Crippen LogP contribution in [0.5, 0.6) is 0 Å². The number of urea groups is 1. The molecule has 4 rings (SSSR count). The maximum Gasteiger partial charge on any atom is 0.318 e. The van der Waals surface area contributed by atoms with Crippen molar-refractivity contribution in [3.63, 3.8) is 0 Å². The van der Waals surface area contributed by atoms with E-state index in [0.717, 1.165) is 28.6 Å². The zero-order chi connectivity index (χ0) is 18.6. The van der Waals surface area contributed by atoms with Crippen molar-refractivity contribution in [2.45, 2.75) is 12.5 Å². The Kier molecular flexibility index (Phi) is 4.89. The zero-order valence-electron chi connectivity index (χ0n) is 14.9. The maximum atomic E-state index is 12.6. The summed E-state index contributed by atoms with van der Waals surface area (Å²) in [5, 5.41) is 13.7. The van der Waals surface area contributed by atoms with E-state index in [1.807, 2.05) is 42.6 Å². The van der Waals surface area contributed by atoms with Crippen LogP contribution in [0.1, 0.15) is 23.6 Å². The molecule has 2 amide bonds. The van der Waals surface area contributed by atoms with Crippen molar-refractivity contribution < 1.29 is 9.90 Å².